The molecule has 1 rings (SSSR count). The molecule has 2 N–H and O–H groups in total. The molecule has 5 heteroatoms. The number of hydrogen-bond acceptors (Lipinski definition) is 2. The Morgan fingerprint density at radius 3 is 2.53 bits per heavy atom. The van der Waals surface area contributed by atoms with E-state index < -0.39 is 11.6 Å². The van der Waals surface area contributed by atoms with Crippen LogP contribution in [0.2, 0.25) is 0 Å². The van der Waals surface area contributed by atoms with E-state index in [2.05, 4.69) is 10.6 Å². The van der Waals surface area contributed by atoms with Crippen LogP contribution in [-0.4, -0.2) is 25.0 Å². The summed E-state index contributed by atoms with van der Waals surface area (Å²) in [6.45, 7) is 4.72. The summed E-state index contributed by atoms with van der Waals surface area (Å²) in [6, 6.07) is 3.44. The first kappa shape index (κ1) is 15.6. The van der Waals surface area contributed by atoms with Gasteiger partial charge in [-0.15, -0.1) is 0 Å². The maximum absolute atomic E-state index is 13.4. The molecule has 1 unspecified atom stereocenters. The molecule has 0 saturated carbocycles. The van der Waals surface area contributed by atoms with Gasteiger partial charge in [0.15, 0.2) is 0 Å². The summed E-state index contributed by atoms with van der Waals surface area (Å²) >= 11 is 0. The molecule has 1 aromatic rings. The highest BCUT2D eigenvalue weighted by atomic mass is 19.1. The van der Waals surface area contributed by atoms with Gasteiger partial charge in [0.2, 0.25) is 5.91 Å². The highest BCUT2D eigenvalue weighted by molar-refractivity contribution is 5.78. The SMILES string of the molecule is CCCNCC(=O)NC(C)Cc1c(F)cccc1F. The van der Waals surface area contributed by atoms with Gasteiger partial charge in [-0.2, -0.15) is 0 Å². The molecule has 0 saturated heterocycles. The first-order chi connectivity index (χ1) is 9.04. The molecule has 0 spiro atoms. The van der Waals surface area contributed by atoms with Gasteiger partial charge < -0.3 is 10.6 Å². The van der Waals surface area contributed by atoms with Gasteiger partial charge in [-0.1, -0.05) is 13.0 Å². The van der Waals surface area contributed by atoms with E-state index in [4.69, 9.17) is 0 Å². The van der Waals surface area contributed by atoms with Crippen molar-refractivity contribution in [2.45, 2.75) is 32.7 Å². The molecule has 0 aliphatic heterocycles. The molecule has 0 fully saturated rings. The van der Waals surface area contributed by atoms with Gasteiger partial charge in [0, 0.05) is 11.6 Å². The smallest absolute Gasteiger partial charge is 0.234 e. The molecule has 0 aliphatic carbocycles. The van der Waals surface area contributed by atoms with Crippen molar-refractivity contribution >= 4 is 5.91 Å². The number of rotatable bonds is 7. The van der Waals surface area contributed by atoms with Crippen molar-refractivity contribution in [2.75, 3.05) is 13.1 Å². The summed E-state index contributed by atoms with van der Waals surface area (Å²) in [5, 5.41) is 5.67. The lowest BCUT2D eigenvalue weighted by molar-refractivity contribution is -0.120. The van der Waals surface area contributed by atoms with Gasteiger partial charge in [0.05, 0.1) is 6.54 Å². The zero-order valence-corrected chi connectivity index (χ0v) is 11.3. The zero-order valence-electron chi connectivity index (χ0n) is 11.3. The van der Waals surface area contributed by atoms with E-state index in [0.29, 0.717) is 0 Å². The van der Waals surface area contributed by atoms with Gasteiger partial charge in [0.25, 0.3) is 0 Å². The summed E-state index contributed by atoms with van der Waals surface area (Å²) in [4.78, 5) is 11.5. The molecule has 1 aromatic carbocycles. The molecule has 0 aromatic heterocycles. The van der Waals surface area contributed by atoms with Crippen LogP contribution >= 0.6 is 0 Å². The highest BCUT2D eigenvalue weighted by Gasteiger charge is 2.13. The second-order valence-corrected chi connectivity index (χ2v) is 4.55. The maximum atomic E-state index is 13.4. The Morgan fingerprint density at radius 1 is 1.32 bits per heavy atom. The normalized spacial score (nSPS) is 12.2. The largest absolute Gasteiger partial charge is 0.352 e. The number of carbonyl (C=O) groups is 1. The average molecular weight is 270 g/mol. The van der Waals surface area contributed by atoms with Crippen molar-refractivity contribution in [3.05, 3.63) is 35.4 Å². The van der Waals surface area contributed by atoms with Crippen molar-refractivity contribution in [3.63, 3.8) is 0 Å². The molecule has 0 bridgehead atoms. The minimum atomic E-state index is -0.579. The number of carbonyl (C=O) groups excluding carboxylic acids is 1. The van der Waals surface area contributed by atoms with Crippen LogP contribution in [0.5, 0.6) is 0 Å². The fraction of sp³-hybridized carbons (Fsp3) is 0.500. The molecule has 1 atom stereocenters. The predicted octanol–water partition coefficient (Wildman–Crippen LogP) is 2.01. The van der Waals surface area contributed by atoms with Crippen molar-refractivity contribution in [3.8, 4) is 0 Å². The number of nitrogens with one attached hydrogen (secondary N) is 2. The van der Waals surface area contributed by atoms with Gasteiger partial charge in [0.1, 0.15) is 11.6 Å². The lowest BCUT2D eigenvalue weighted by Gasteiger charge is -2.15. The Labute approximate surface area is 112 Å². The molecule has 3 nitrogen and oxygen atoms in total. The minimum Gasteiger partial charge on any atom is -0.352 e. The van der Waals surface area contributed by atoms with Crippen LogP contribution in [0.4, 0.5) is 8.78 Å². The van der Waals surface area contributed by atoms with Crippen LogP contribution in [-0.2, 0) is 11.2 Å². The molecule has 0 radical (unpaired) electrons. The fourth-order valence-corrected chi connectivity index (χ4v) is 1.79. The Morgan fingerprint density at radius 2 is 1.95 bits per heavy atom. The van der Waals surface area contributed by atoms with Crippen molar-refractivity contribution in [1.29, 1.82) is 0 Å². The van der Waals surface area contributed by atoms with Gasteiger partial charge in [-0.3, -0.25) is 4.79 Å². The van der Waals surface area contributed by atoms with E-state index in [0.717, 1.165) is 13.0 Å². The van der Waals surface area contributed by atoms with E-state index in [1.807, 2.05) is 6.92 Å². The van der Waals surface area contributed by atoms with Crippen LogP contribution in [0.25, 0.3) is 0 Å². The number of benzene rings is 1. The molecule has 0 aliphatic rings. The van der Waals surface area contributed by atoms with Crippen molar-refractivity contribution in [1.82, 2.24) is 10.6 Å². The lowest BCUT2D eigenvalue weighted by Crippen LogP contribution is -2.40. The molecule has 1 amide bonds. The monoisotopic (exact) mass is 270 g/mol. The average Bonchev–Trinajstić information content (AvgIpc) is 2.34. The first-order valence-corrected chi connectivity index (χ1v) is 6.47. The Hall–Kier alpha value is -1.49. The predicted molar refractivity (Wildman–Crippen MR) is 70.8 cm³/mol. The second-order valence-electron chi connectivity index (χ2n) is 4.55. The second kappa shape index (κ2) is 7.84. The topological polar surface area (TPSA) is 41.1 Å². The first-order valence-electron chi connectivity index (χ1n) is 6.47. The van der Waals surface area contributed by atoms with E-state index in [1.165, 1.54) is 18.2 Å². The van der Waals surface area contributed by atoms with E-state index in [9.17, 15) is 13.6 Å². The third kappa shape index (κ3) is 5.34. The maximum Gasteiger partial charge on any atom is 0.234 e. The summed E-state index contributed by atoms with van der Waals surface area (Å²) in [7, 11) is 0. The minimum absolute atomic E-state index is 0.0109. The van der Waals surface area contributed by atoms with Crippen LogP contribution in [0.1, 0.15) is 25.8 Å². The van der Waals surface area contributed by atoms with Crippen LogP contribution < -0.4 is 10.6 Å². The van der Waals surface area contributed by atoms with Gasteiger partial charge in [-0.05, 0) is 38.4 Å². The van der Waals surface area contributed by atoms with E-state index in [-0.39, 0.29) is 30.5 Å². The van der Waals surface area contributed by atoms with E-state index >= 15 is 0 Å². The summed E-state index contributed by atoms with van der Waals surface area (Å²) in [5.74, 6) is -1.33. The Balaban J connectivity index is 2.46. The molecule has 0 heterocycles. The van der Waals surface area contributed by atoms with E-state index in [1.54, 1.807) is 6.92 Å². The number of halogens is 2. The molecular weight excluding hydrogens is 250 g/mol. The number of hydrogen-bond donors (Lipinski definition) is 2. The van der Waals surface area contributed by atoms with Gasteiger partial charge in [-0.25, -0.2) is 8.78 Å². The summed E-state index contributed by atoms with van der Waals surface area (Å²) < 4.78 is 26.9. The Kier molecular flexibility index (Phi) is 6.42. The van der Waals surface area contributed by atoms with Crippen molar-refractivity contribution in [2.24, 2.45) is 0 Å². The highest BCUT2D eigenvalue weighted by Crippen LogP contribution is 2.13. The third-order valence-electron chi connectivity index (χ3n) is 2.69. The summed E-state index contributed by atoms with van der Waals surface area (Å²) in [6.07, 6.45) is 1.08. The van der Waals surface area contributed by atoms with Crippen LogP contribution in [0.3, 0.4) is 0 Å². The molecular formula is C14H20F2N2O. The van der Waals surface area contributed by atoms with Crippen LogP contribution in [0.15, 0.2) is 18.2 Å². The quantitative estimate of drug-likeness (QED) is 0.744. The summed E-state index contributed by atoms with van der Waals surface area (Å²) in [5.41, 5.74) is 0.0109. The third-order valence-corrected chi connectivity index (χ3v) is 2.69. The molecule has 106 valence electrons. The fourth-order valence-electron chi connectivity index (χ4n) is 1.79. The van der Waals surface area contributed by atoms with Crippen LogP contribution in [0, 0.1) is 11.6 Å². The standard InChI is InChI=1S/C14H20F2N2O/c1-3-7-17-9-14(19)18-10(2)8-11-12(15)5-4-6-13(11)16/h4-6,10,17H,3,7-9H2,1-2H3,(H,18,19). The molecule has 19 heavy (non-hydrogen) atoms. The lowest BCUT2D eigenvalue weighted by atomic mass is 10.1. The van der Waals surface area contributed by atoms with Gasteiger partial charge >= 0.3 is 0 Å². The number of amides is 1. The zero-order chi connectivity index (χ0) is 14.3. The van der Waals surface area contributed by atoms with Crippen molar-refractivity contribution < 1.29 is 13.6 Å². The Bertz CT molecular complexity index is 404.